The highest BCUT2D eigenvalue weighted by molar-refractivity contribution is 7.89. The number of carbonyl (C=O) groups is 1. The van der Waals surface area contributed by atoms with E-state index in [1.807, 2.05) is 11.8 Å². The lowest BCUT2D eigenvalue weighted by Gasteiger charge is -2.33. The van der Waals surface area contributed by atoms with E-state index in [0.29, 0.717) is 32.5 Å². The molecule has 1 heterocycles. The Labute approximate surface area is 156 Å². The predicted octanol–water partition coefficient (Wildman–Crippen LogP) is 1.67. The van der Waals surface area contributed by atoms with E-state index >= 15 is 0 Å². The Kier molecular flexibility index (Phi) is 8.85. The van der Waals surface area contributed by atoms with Gasteiger partial charge < -0.3 is 10.6 Å². The second-order valence-corrected chi connectivity index (χ2v) is 8.17. The van der Waals surface area contributed by atoms with Gasteiger partial charge in [-0.05, 0) is 50.8 Å². The number of benzene rings is 1. The molecule has 3 N–H and O–H groups in total. The lowest BCUT2D eigenvalue weighted by molar-refractivity contribution is -0.133. The fourth-order valence-corrected chi connectivity index (χ4v) is 4.01. The van der Waals surface area contributed by atoms with Crippen LogP contribution in [0.3, 0.4) is 0 Å². The van der Waals surface area contributed by atoms with Crippen LogP contribution < -0.4 is 10.5 Å². The van der Waals surface area contributed by atoms with Gasteiger partial charge in [0.05, 0.1) is 4.90 Å². The number of carbonyl (C=O) groups excluding carboxylic acids is 1. The van der Waals surface area contributed by atoms with E-state index in [1.54, 1.807) is 24.3 Å². The summed E-state index contributed by atoms with van der Waals surface area (Å²) < 4.78 is 27.4. The number of sulfonamides is 1. The van der Waals surface area contributed by atoms with Crippen molar-refractivity contribution in [2.45, 2.75) is 37.5 Å². The molecular formula is C17H28ClN3O3S. The summed E-state index contributed by atoms with van der Waals surface area (Å²) in [5.41, 5.74) is 6.47. The van der Waals surface area contributed by atoms with Gasteiger partial charge in [-0.25, -0.2) is 13.1 Å². The number of piperidine rings is 1. The van der Waals surface area contributed by atoms with Crippen molar-refractivity contribution in [2.75, 3.05) is 26.2 Å². The largest absolute Gasteiger partial charge is 0.342 e. The number of aryl methyl sites for hydroxylation is 1. The lowest BCUT2D eigenvalue weighted by atomic mass is 9.98. The number of nitrogens with two attached hydrogens (primary N) is 1. The predicted molar refractivity (Wildman–Crippen MR) is 101 cm³/mol. The maximum Gasteiger partial charge on any atom is 0.240 e. The molecule has 1 fully saturated rings. The quantitative estimate of drug-likeness (QED) is 0.741. The monoisotopic (exact) mass is 389 g/mol. The second-order valence-electron chi connectivity index (χ2n) is 6.41. The molecule has 0 spiro atoms. The molecule has 1 aromatic rings. The van der Waals surface area contributed by atoms with Gasteiger partial charge in [-0.15, -0.1) is 12.4 Å². The molecule has 8 heteroatoms. The first-order valence-corrected chi connectivity index (χ1v) is 9.95. The van der Waals surface area contributed by atoms with Gasteiger partial charge in [0.15, 0.2) is 0 Å². The first kappa shape index (κ1) is 21.9. The van der Waals surface area contributed by atoms with Gasteiger partial charge in [0, 0.05) is 26.1 Å². The number of amides is 1. The van der Waals surface area contributed by atoms with Crippen LogP contribution >= 0.6 is 12.4 Å². The van der Waals surface area contributed by atoms with Crippen molar-refractivity contribution in [2.24, 2.45) is 11.7 Å². The normalized spacial score (nSPS) is 17.8. The molecule has 0 bridgehead atoms. The Morgan fingerprint density at radius 3 is 2.64 bits per heavy atom. The molecule has 142 valence electrons. The number of hydrogen-bond acceptors (Lipinski definition) is 4. The number of nitrogens with zero attached hydrogens (tertiary/aromatic N) is 1. The average Bonchev–Trinajstić information content (AvgIpc) is 2.58. The summed E-state index contributed by atoms with van der Waals surface area (Å²) in [4.78, 5) is 14.2. The summed E-state index contributed by atoms with van der Waals surface area (Å²) in [6, 6.07) is 6.79. The van der Waals surface area contributed by atoms with Crippen molar-refractivity contribution in [1.82, 2.24) is 9.62 Å². The molecule has 1 saturated heterocycles. The van der Waals surface area contributed by atoms with Gasteiger partial charge in [-0.2, -0.15) is 0 Å². The standard InChI is InChI=1S/C17H27N3O3S.ClH/c1-14-6-8-16(9-7-14)24(22,23)19-12-15-4-3-11-20(13-15)17(21)5-2-10-18;/h6-9,15,19H,2-5,10-13,18H2,1H3;1H. The molecule has 1 aliphatic rings. The highest BCUT2D eigenvalue weighted by atomic mass is 35.5. The fraction of sp³-hybridized carbons (Fsp3) is 0.588. The molecule has 1 unspecified atom stereocenters. The van der Waals surface area contributed by atoms with E-state index in [4.69, 9.17) is 5.73 Å². The lowest BCUT2D eigenvalue weighted by Crippen LogP contribution is -2.43. The van der Waals surface area contributed by atoms with Gasteiger partial charge in [0.2, 0.25) is 15.9 Å². The maximum absolute atomic E-state index is 12.3. The van der Waals surface area contributed by atoms with Crippen molar-refractivity contribution < 1.29 is 13.2 Å². The zero-order valence-electron chi connectivity index (χ0n) is 14.6. The van der Waals surface area contributed by atoms with Crippen molar-refractivity contribution >= 4 is 28.3 Å². The van der Waals surface area contributed by atoms with Crippen molar-refractivity contribution in [3.8, 4) is 0 Å². The number of nitrogens with one attached hydrogen (secondary N) is 1. The zero-order chi connectivity index (χ0) is 17.6. The van der Waals surface area contributed by atoms with E-state index < -0.39 is 10.0 Å². The molecule has 1 aromatic carbocycles. The van der Waals surface area contributed by atoms with Gasteiger partial charge in [0.1, 0.15) is 0 Å². The first-order valence-electron chi connectivity index (χ1n) is 8.46. The molecule has 1 amide bonds. The molecule has 1 atom stereocenters. The van der Waals surface area contributed by atoms with Crippen LogP contribution in [0, 0.1) is 12.8 Å². The Hall–Kier alpha value is -1.15. The van der Waals surface area contributed by atoms with Crippen LogP contribution in [-0.4, -0.2) is 45.4 Å². The summed E-state index contributed by atoms with van der Waals surface area (Å²) in [7, 11) is -3.50. The van der Waals surface area contributed by atoms with Crippen molar-refractivity contribution in [3.05, 3.63) is 29.8 Å². The second kappa shape index (κ2) is 10.1. The minimum Gasteiger partial charge on any atom is -0.342 e. The van der Waals surface area contributed by atoms with E-state index in [2.05, 4.69) is 4.72 Å². The van der Waals surface area contributed by atoms with Crippen LogP contribution in [0.25, 0.3) is 0 Å². The Morgan fingerprint density at radius 2 is 2.00 bits per heavy atom. The molecule has 6 nitrogen and oxygen atoms in total. The molecule has 2 rings (SSSR count). The van der Waals surface area contributed by atoms with Crippen molar-refractivity contribution in [3.63, 3.8) is 0 Å². The Morgan fingerprint density at radius 1 is 1.32 bits per heavy atom. The third kappa shape index (κ3) is 6.58. The zero-order valence-corrected chi connectivity index (χ0v) is 16.2. The Bertz CT molecular complexity index is 650. The molecule has 0 aliphatic carbocycles. The molecule has 25 heavy (non-hydrogen) atoms. The average molecular weight is 390 g/mol. The van der Waals surface area contributed by atoms with Crippen LogP contribution in [-0.2, 0) is 14.8 Å². The SMILES string of the molecule is Cc1ccc(S(=O)(=O)NCC2CCCN(C(=O)CCCN)C2)cc1.Cl. The topological polar surface area (TPSA) is 92.5 Å². The summed E-state index contributed by atoms with van der Waals surface area (Å²) in [5, 5.41) is 0. The molecule has 1 aliphatic heterocycles. The van der Waals surface area contributed by atoms with E-state index in [9.17, 15) is 13.2 Å². The first-order chi connectivity index (χ1) is 11.4. The van der Waals surface area contributed by atoms with Gasteiger partial charge in [-0.1, -0.05) is 17.7 Å². The van der Waals surface area contributed by atoms with Gasteiger partial charge in [0.25, 0.3) is 0 Å². The summed E-state index contributed by atoms with van der Waals surface area (Å²) in [5.74, 6) is 0.271. The number of rotatable bonds is 7. The number of halogens is 1. The highest BCUT2D eigenvalue weighted by Crippen LogP contribution is 2.18. The maximum atomic E-state index is 12.3. The van der Waals surface area contributed by atoms with Crippen LogP contribution in [0.1, 0.15) is 31.2 Å². The summed E-state index contributed by atoms with van der Waals surface area (Å²) >= 11 is 0. The van der Waals surface area contributed by atoms with E-state index in [1.165, 1.54) is 0 Å². The summed E-state index contributed by atoms with van der Waals surface area (Å²) in [6.07, 6.45) is 3.00. The Balaban J connectivity index is 0.00000312. The van der Waals surface area contributed by atoms with E-state index in [-0.39, 0.29) is 29.1 Å². The van der Waals surface area contributed by atoms with E-state index in [0.717, 1.165) is 24.9 Å². The third-order valence-electron chi connectivity index (χ3n) is 4.36. The van der Waals surface area contributed by atoms with Gasteiger partial charge in [-0.3, -0.25) is 4.79 Å². The third-order valence-corrected chi connectivity index (χ3v) is 5.80. The molecule has 0 saturated carbocycles. The van der Waals surface area contributed by atoms with Crippen LogP contribution in [0.4, 0.5) is 0 Å². The molecule has 0 aromatic heterocycles. The minimum atomic E-state index is -3.50. The van der Waals surface area contributed by atoms with Crippen LogP contribution in [0.5, 0.6) is 0 Å². The fourth-order valence-electron chi connectivity index (χ4n) is 2.90. The minimum absolute atomic E-state index is 0. The van der Waals surface area contributed by atoms with Gasteiger partial charge >= 0.3 is 0 Å². The number of likely N-dealkylation sites (tertiary alicyclic amines) is 1. The molecular weight excluding hydrogens is 362 g/mol. The smallest absolute Gasteiger partial charge is 0.240 e. The van der Waals surface area contributed by atoms with Crippen LogP contribution in [0.2, 0.25) is 0 Å². The van der Waals surface area contributed by atoms with Crippen molar-refractivity contribution in [1.29, 1.82) is 0 Å². The highest BCUT2D eigenvalue weighted by Gasteiger charge is 2.24. The number of hydrogen-bond donors (Lipinski definition) is 2. The summed E-state index contributed by atoms with van der Waals surface area (Å²) in [6.45, 7) is 4.16. The molecule has 0 radical (unpaired) electrons. The van der Waals surface area contributed by atoms with Crippen LogP contribution in [0.15, 0.2) is 29.2 Å².